The summed E-state index contributed by atoms with van der Waals surface area (Å²) in [5.41, 5.74) is 5.30. The molecule has 1 saturated heterocycles. The lowest BCUT2D eigenvalue weighted by Crippen LogP contribution is -2.57. The number of aliphatic hydroxyl groups excluding tert-OH is 1. The monoisotopic (exact) mass is 214 g/mol. The molecule has 4 nitrogen and oxygen atoms in total. The summed E-state index contributed by atoms with van der Waals surface area (Å²) in [4.78, 5) is 13.8. The van der Waals surface area contributed by atoms with E-state index in [-0.39, 0.29) is 12.0 Å². The Balaban J connectivity index is 2.66. The van der Waals surface area contributed by atoms with Gasteiger partial charge in [-0.15, -0.1) is 0 Å². The number of carbonyl (C=O) groups is 1. The zero-order chi connectivity index (χ0) is 11.5. The number of nitrogens with two attached hydrogens (primary N) is 1. The average molecular weight is 214 g/mol. The van der Waals surface area contributed by atoms with E-state index >= 15 is 0 Å². The number of hydrogen-bond acceptors (Lipinski definition) is 3. The van der Waals surface area contributed by atoms with Crippen molar-refractivity contribution in [2.75, 3.05) is 13.1 Å². The lowest BCUT2D eigenvalue weighted by molar-refractivity contribution is -0.140. The van der Waals surface area contributed by atoms with Gasteiger partial charge in [0.05, 0.1) is 11.6 Å². The molecule has 1 aliphatic rings. The van der Waals surface area contributed by atoms with Crippen molar-refractivity contribution >= 4 is 5.91 Å². The maximum Gasteiger partial charge on any atom is 0.242 e. The van der Waals surface area contributed by atoms with Crippen molar-refractivity contribution < 1.29 is 9.90 Å². The fraction of sp³-hybridized carbons (Fsp3) is 0.909. The van der Waals surface area contributed by atoms with E-state index in [4.69, 9.17) is 5.73 Å². The van der Waals surface area contributed by atoms with Crippen LogP contribution in [0, 0.1) is 0 Å². The van der Waals surface area contributed by atoms with E-state index in [1.807, 2.05) is 13.8 Å². The van der Waals surface area contributed by atoms with Crippen LogP contribution in [0.2, 0.25) is 0 Å². The first-order valence-electron chi connectivity index (χ1n) is 5.79. The third-order valence-corrected chi connectivity index (χ3v) is 3.37. The van der Waals surface area contributed by atoms with Crippen molar-refractivity contribution in [3.8, 4) is 0 Å². The van der Waals surface area contributed by atoms with Gasteiger partial charge in [0, 0.05) is 13.1 Å². The van der Waals surface area contributed by atoms with Crippen molar-refractivity contribution in [3.63, 3.8) is 0 Å². The summed E-state index contributed by atoms with van der Waals surface area (Å²) in [7, 11) is 0. The fourth-order valence-corrected chi connectivity index (χ4v) is 2.01. The van der Waals surface area contributed by atoms with E-state index in [2.05, 4.69) is 0 Å². The number of nitrogens with zero attached hydrogens (tertiary/aromatic N) is 1. The molecule has 1 rings (SSSR count). The number of rotatable bonds is 3. The average Bonchev–Trinajstić information content (AvgIpc) is 2.27. The largest absolute Gasteiger partial charge is 0.391 e. The second-order valence-corrected chi connectivity index (χ2v) is 4.41. The van der Waals surface area contributed by atoms with Crippen LogP contribution < -0.4 is 5.73 Å². The van der Waals surface area contributed by atoms with Crippen LogP contribution in [0.3, 0.4) is 0 Å². The third-order valence-electron chi connectivity index (χ3n) is 3.37. The Hall–Kier alpha value is -0.610. The first-order valence-corrected chi connectivity index (χ1v) is 5.79. The van der Waals surface area contributed by atoms with E-state index in [0.29, 0.717) is 19.4 Å². The molecule has 0 aromatic heterocycles. The lowest BCUT2D eigenvalue weighted by Gasteiger charge is -2.36. The van der Waals surface area contributed by atoms with Gasteiger partial charge in [0.1, 0.15) is 0 Å². The highest BCUT2D eigenvalue weighted by molar-refractivity contribution is 5.86. The van der Waals surface area contributed by atoms with Crippen LogP contribution in [0.1, 0.15) is 39.5 Å². The van der Waals surface area contributed by atoms with Gasteiger partial charge in [-0.25, -0.2) is 0 Å². The van der Waals surface area contributed by atoms with Crippen LogP contribution >= 0.6 is 0 Å². The molecule has 0 radical (unpaired) electrons. The first-order chi connectivity index (χ1) is 7.03. The minimum Gasteiger partial charge on any atom is -0.391 e. The van der Waals surface area contributed by atoms with Crippen molar-refractivity contribution in [1.82, 2.24) is 4.90 Å². The zero-order valence-corrected chi connectivity index (χ0v) is 9.70. The lowest BCUT2D eigenvalue weighted by atomic mass is 9.91. The molecule has 4 heteroatoms. The zero-order valence-electron chi connectivity index (χ0n) is 9.70. The maximum absolute atomic E-state index is 12.1. The summed E-state index contributed by atoms with van der Waals surface area (Å²) in [5, 5.41) is 9.50. The van der Waals surface area contributed by atoms with Gasteiger partial charge >= 0.3 is 0 Å². The minimum atomic E-state index is -0.739. The molecule has 88 valence electrons. The number of hydrogen-bond donors (Lipinski definition) is 2. The number of aliphatic hydroxyl groups is 1. The van der Waals surface area contributed by atoms with E-state index in [9.17, 15) is 9.90 Å². The summed E-state index contributed by atoms with van der Waals surface area (Å²) in [6.07, 6.45) is 2.58. The number of amides is 1. The fourth-order valence-electron chi connectivity index (χ4n) is 2.01. The van der Waals surface area contributed by atoms with Crippen molar-refractivity contribution in [2.45, 2.75) is 51.2 Å². The predicted molar refractivity (Wildman–Crippen MR) is 59.3 cm³/mol. The van der Waals surface area contributed by atoms with Gasteiger partial charge in [0.2, 0.25) is 5.91 Å². The molecule has 0 aromatic carbocycles. The number of likely N-dealkylation sites (tertiary alicyclic amines) is 1. The van der Waals surface area contributed by atoms with Crippen LogP contribution in [0.5, 0.6) is 0 Å². The van der Waals surface area contributed by atoms with E-state index in [1.54, 1.807) is 4.90 Å². The molecule has 15 heavy (non-hydrogen) atoms. The molecule has 3 N–H and O–H groups in total. The van der Waals surface area contributed by atoms with Crippen LogP contribution in [0.25, 0.3) is 0 Å². The van der Waals surface area contributed by atoms with Crippen LogP contribution in [-0.4, -0.2) is 40.6 Å². The summed E-state index contributed by atoms with van der Waals surface area (Å²) in [6, 6.07) is 0. The van der Waals surface area contributed by atoms with Gasteiger partial charge < -0.3 is 15.7 Å². The van der Waals surface area contributed by atoms with Gasteiger partial charge in [-0.3, -0.25) is 4.79 Å². The Bertz CT molecular complexity index is 227. The normalized spacial score (nSPS) is 22.9. The third kappa shape index (κ3) is 2.69. The van der Waals surface area contributed by atoms with Crippen LogP contribution in [0.4, 0.5) is 0 Å². The SMILES string of the molecule is CCC(N)(CC)C(=O)N1CCC[C@H](O)C1. The Morgan fingerprint density at radius 1 is 1.53 bits per heavy atom. The highest BCUT2D eigenvalue weighted by atomic mass is 16.3. The summed E-state index contributed by atoms with van der Waals surface area (Å²) >= 11 is 0. The van der Waals surface area contributed by atoms with Gasteiger partial charge in [0.15, 0.2) is 0 Å². The Morgan fingerprint density at radius 2 is 2.13 bits per heavy atom. The number of carbonyl (C=O) groups excluding carboxylic acids is 1. The Kier molecular flexibility index (Phi) is 4.11. The Morgan fingerprint density at radius 3 is 2.60 bits per heavy atom. The molecular weight excluding hydrogens is 192 g/mol. The molecule has 0 spiro atoms. The molecule has 1 atom stereocenters. The van der Waals surface area contributed by atoms with Gasteiger partial charge in [-0.1, -0.05) is 13.8 Å². The summed E-state index contributed by atoms with van der Waals surface area (Å²) in [5.74, 6) is -0.00810. The molecule has 0 aromatic rings. The standard InChI is InChI=1S/C11H22N2O2/c1-3-11(12,4-2)10(15)13-7-5-6-9(14)8-13/h9,14H,3-8,12H2,1-2H3/t9-/m0/s1. The molecule has 0 aliphatic carbocycles. The second-order valence-electron chi connectivity index (χ2n) is 4.41. The molecule has 0 saturated carbocycles. The second kappa shape index (κ2) is 4.94. The summed E-state index contributed by atoms with van der Waals surface area (Å²) < 4.78 is 0. The summed E-state index contributed by atoms with van der Waals surface area (Å²) in [6.45, 7) is 5.04. The quantitative estimate of drug-likeness (QED) is 0.718. The van der Waals surface area contributed by atoms with Crippen LogP contribution in [-0.2, 0) is 4.79 Å². The highest BCUT2D eigenvalue weighted by Crippen LogP contribution is 2.19. The van der Waals surface area contributed by atoms with E-state index in [0.717, 1.165) is 19.4 Å². The van der Waals surface area contributed by atoms with Gasteiger partial charge in [-0.05, 0) is 25.7 Å². The predicted octanol–water partition coefficient (Wildman–Crippen LogP) is 0.487. The molecule has 1 aliphatic heterocycles. The van der Waals surface area contributed by atoms with Gasteiger partial charge in [0.25, 0.3) is 0 Å². The van der Waals surface area contributed by atoms with Crippen molar-refractivity contribution in [2.24, 2.45) is 5.73 Å². The van der Waals surface area contributed by atoms with E-state index < -0.39 is 5.54 Å². The highest BCUT2D eigenvalue weighted by Gasteiger charge is 2.35. The number of β-amino-alcohol motifs (C(OH)–C–C–N with tert-alkyl or cyclic N) is 1. The van der Waals surface area contributed by atoms with Crippen LogP contribution in [0.15, 0.2) is 0 Å². The minimum absolute atomic E-state index is 0.00810. The molecule has 1 fully saturated rings. The smallest absolute Gasteiger partial charge is 0.242 e. The molecule has 0 bridgehead atoms. The Labute approximate surface area is 91.4 Å². The van der Waals surface area contributed by atoms with Crippen molar-refractivity contribution in [1.29, 1.82) is 0 Å². The van der Waals surface area contributed by atoms with E-state index in [1.165, 1.54) is 0 Å². The molecule has 1 amide bonds. The topological polar surface area (TPSA) is 66.6 Å². The number of piperidine rings is 1. The molecule has 0 unspecified atom stereocenters. The van der Waals surface area contributed by atoms with Crippen molar-refractivity contribution in [3.05, 3.63) is 0 Å². The maximum atomic E-state index is 12.1. The molecular formula is C11H22N2O2. The first kappa shape index (κ1) is 12.5. The van der Waals surface area contributed by atoms with Gasteiger partial charge in [-0.2, -0.15) is 0 Å². The molecule has 1 heterocycles.